The van der Waals surface area contributed by atoms with E-state index in [0.29, 0.717) is 0 Å². The fourth-order valence-corrected chi connectivity index (χ4v) is 10.3. The Balaban J connectivity index is 1.43. The SMILES string of the molecule is CC(C)[n+]1c2n(c3ccccc31)C13c4c(cccc4C4(c5ccccc5-c5ccccc54)c4cccc-2c41)-c1cc(C(C)(C)C)cc[n+]13. The summed E-state index contributed by atoms with van der Waals surface area (Å²) in [5.74, 6) is 1.29. The number of hydrogen-bond acceptors (Lipinski definition) is 0. The maximum Gasteiger partial charge on any atom is 0.365 e. The van der Waals surface area contributed by atoms with Gasteiger partial charge in [-0.1, -0.05) is 106 Å². The number of para-hydroxylation sites is 2. The van der Waals surface area contributed by atoms with Gasteiger partial charge in [0.25, 0.3) is 5.82 Å². The largest absolute Gasteiger partial charge is 0.365 e. The van der Waals surface area contributed by atoms with Crippen LogP contribution in [0.4, 0.5) is 0 Å². The lowest BCUT2D eigenvalue weighted by molar-refractivity contribution is -0.736. The predicted octanol–water partition coefficient (Wildman–Crippen LogP) is 9.03. The fourth-order valence-electron chi connectivity index (χ4n) is 10.3. The number of aromatic nitrogens is 3. The van der Waals surface area contributed by atoms with Crippen molar-refractivity contribution < 1.29 is 9.13 Å². The number of pyridine rings is 1. The van der Waals surface area contributed by atoms with E-state index in [-0.39, 0.29) is 11.5 Å². The van der Waals surface area contributed by atoms with E-state index in [1.165, 1.54) is 83.7 Å². The highest BCUT2D eigenvalue weighted by Crippen LogP contribution is 2.67. The highest BCUT2D eigenvalue weighted by atomic mass is 15.4. The topological polar surface area (TPSA) is 12.7 Å². The normalized spacial score (nSPS) is 18.1. The molecule has 0 saturated heterocycles. The lowest BCUT2D eigenvalue weighted by atomic mass is 9.58. The number of hydrogen-bond donors (Lipinski definition) is 0. The van der Waals surface area contributed by atoms with Crippen LogP contribution in [0.25, 0.3) is 44.8 Å². The summed E-state index contributed by atoms with van der Waals surface area (Å²) in [6, 6.07) is 46.9. The van der Waals surface area contributed by atoms with Gasteiger partial charge in [0.2, 0.25) is 5.69 Å². The Morgan fingerprint density at radius 3 is 1.83 bits per heavy atom. The minimum atomic E-state index is -0.573. The molecule has 1 unspecified atom stereocenters. The van der Waals surface area contributed by atoms with E-state index in [1.54, 1.807) is 0 Å². The van der Waals surface area contributed by atoms with Crippen LogP contribution in [0.3, 0.4) is 0 Å². The Morgan fingerprint density at radius 2 is 1.17 bits per heavy atom. The van der Waals surface area contributed by atoms with Gasteiger partial charge in [0.1, 0.15) is 0 Å². The molecule has 48 heavy (non-hydrogen) atoms. The minimum absolute atomic E-state index is 0.0264. The molecule has 3 nitrogen and oxygen atoms in total. The molecule has 4 aliphatic rings. The van der Waals surface area contributed by atoms with E-state index < -0.39 is 11.1 Å². The first-order valence-electron chi connectivity index (χ1n) is 17.4. The van der Waals surface area contributed by atoms with E-state index in [1.807, 2.05) is 0 Å². The Kier molecular flexibility index (Phi) is 4.68. The van der Waals surface area contributed by atoms with E-state index in [0.717, 1.165) is 0 Å². The maximum atomic E-state index is 2.71. The van der Waals surface area contributed by atoms with Gasteiger partial charge < -0.3 is 0 Å². The number of imidazole rings is 1. The molecule has 230 valence electrons. The fraction of sp³-hybridized carbons (Fsp3) is 0.200. The van der Waals surface area contributed by atoms with Crippen LogP contribution in [0.5, 0.6) is 0 Å². The number of rotatable bonds is 1. The average molecular weight is 620 g/mol. The first-order chi connectivity index (χ1) is 23.3. The molecule has 0 amide bonds. The summed E-state index contributed by atoms with van der Waals surface area (Å²) in [5.41, 5.74) is 18.0. The van der Waals surface area contributed by atoms with Gasteiger partial charge in [-0.25, -0.2) is 4.57 Å². The molecule has 2 aliphatic carbocycles. The summed E-state index contributed by atoms with van der Waals surface area (Å²) >= 11 is 0. The molecule has 0 saturated carbocycles. The molecule has 3 heteroatoms. The standard InChI is InChI=1S/C45H37N3/c1-27(2)47-37-22-10-11-23-38(37)48-42(47)32-17-13-21-36-41(32)45(48)40-31(39-26-28(43(3,4)5)24-25-46(39)45)16-12-20-35(40)44(36)33-18-8-6-14-29(33)30-15-7-9-19-34(30)44/h6-27H,1-5H3/q+2. The van der Waals surface area contributed by atoms with Gasteiger partial charge in [0.05, 0.1) is 33.7 Å². The molecule has 1 atom stereocenters. The van der Waals surface area contributed by atoms with Crippen molar-refractivity contribution in [3.05, 3.63) is 166 Å². The number of nitrogens with zero attached hydrogens (tertiary/aromatic N) is 3. The molecule has 0 fully saturated rings. The van der Waals surface area contributed by atoms with Crippen LogP contribution in [0, 0.1) is 0 Å². The van der Waals surface area contributed by atoms with Crippen molar-refractivity contribution in [3.8, 4) is 33.8 Å². The Bertz CT molecular complexity index is 2550. The highest BCUT2D eigenvalue weighted by molar-refractivity contribution is 5.94. The van der Waals surface area contributed by atoms with Crippen LogP contribution in [0.1, 0.15) is 79.6 Å². The molecule has 7 aromatic rings. The Hall–Kier alpha value is -5.28. The van der Waals surface area contributed by atoms with Crippen molar-refractivity contribution in [3.63, 3.8) is 0 Å². The zero-order valence-corrected chi connectivity index (χ0v) is 28.0. The van der Waals surface area contributed by atoms with E-state index in [4.69, 9.17) is 0 Å². The molecule has 0 radical (unpaired) electrons. The summed E-state index contributed by atoms with van der Waals surface area (Å²) < 4.78 is 7.93. The molecule has 4 heterocycles. The maximum absolute atomic E-state index is 2.71. The number of benzene rings is 5. The molecule has 2 aliphatic heterocycles. The van der Waals surface area contributed by atoms with E-state index in [9.17, 15) is 0 Å². The Morgan fingerprint density at radius 1 is 0.604 bits per heavy atom. The van der Waals surface area contributed by atoms with E-state index >= 15 is 0 Å². The van der Waals surface area contributed by atoms with Crippen LogP contribution in [-0.2, 0) is 16.5 Å². The molecular weight excluding hydrogens is 583 g/mol. The van der Waals surface area contributed by atoms with Crippen LogP contribution in [-0.4, -0.2) is 4.57 Å². The first-order valence-corrected chi connectivity index (χ1v) is 17.4. The van der Waals surface area contributed by atoms with Crippen molar-refractivity contribution in [2.24, 2.45) is 0 Å². The molecular formula is C45H37N3+2. The van der Waals surface area contributed by atoms with Crippen LogP contribution < -0.4 is 9.13 Å². The quantitative estimate of drug-likeness (QED) is 0.163. The lowest BCUT2D eigenvalue weighted by Gasteiger charge is -2.42. The van der Waals surface area contributed by atoms with Crippen LogP contribution >= 0.6 is 0 Å². The average Bonchev–Trinajstić information content (AvgIpc) is 3.78. The van der Waals surface area contributed by atoms with Gasteiger partial charge >= 0.3 is 5.66 Å². The summed E-state index contributed by atoms with van der Waals surface area (Å²) in [6.07, 6.45) is 2.40. The van der Waals surface area contributed by atoms with Crippen molar-refractivity contribution in [1.82, 2.24) is 4.57 Å². The van der Waals surface area contributed by atoms with Crippen molar-refractivity contribution >= 4 is 11.0 Å². The smallest absolute Gasteiger partial charge is 0.220 e. The third-order valence-electron chi connectivity index (χ3n) is 11.9. The minimum Gasteiger partial charge on any atom is -0.220 e. The van der Waals surface area contributed by atoms with Crippen molar-refractivity contribution in [1.29, 1.82) is 0 Å². The van der Waals surface area contributed by atoms with Crippen molar-refractivity contribution in [2.45, 2.75) is 57.2 Å². The second kappa shape index (κ2) is 8.41. The second-order valence-electron chi connectivity index (χ2n) is 15.5. The monoisotopic (exact) mass is 619 g/mol. The second-order valence-corrected chi connectivity index (χ2v) is 15.5. The molecule has 0 bridgehead atoms. The molecule has 2 spiro atoms. The predicted molar refractivity (Wildman–Crippen MR) is 191 cm³/mol. The summed E-state index contributed by atoms with van der Waals surface area (Å²) in [7, 11) is 0. The van der Waals surface area contributed by atoms with Gasteiger partial charge in [0.15, 0.2) is 17.2 Å². The third-order valence-corrected chi connectivity index (χ3v) is 11.9. The molecule has 2 aromatic heterocycles. The molecule has 5 aromatic carbocycles. The van der Waals surface area contributed by atoms with Crippen molar-refractivity contribution in [2.75, 3.05) is 0 Å². The van der Waals surface area contributed by atoms with Crippen LogP contribution in [0.2, 0.25) is 0 Å². The van der Waals surface area contributed by atoms with Gasteiger partial charge in [-0.2, -0.15) is 4.57 Å². The van der Waals surface area contributed by atoms with Gasteiger partial charge in [-0.3, -0.25) is 0 Å². The molecule has 11 rings (SSSR count). The number of fused-ring (bicyclic) bond motifs is 13. The van der Waals surface area contributed by atoms with Gasteiger partial charge in [0, 0.05) is 12.1 Å². The summed E-state index contributed by atoms with van der Waals surface area (Å²) in [5, 5.41) is 0. The molecule has 0 N–H and O–H groups in total. The lowest BCUT2D eigenvalue weighted by Crippen LogP contribution is -2.62. The zero-order valence-electron chi connectivity index (χ0n) is 28.0. The highest BCUT2D eigenvalue weighted by Gasteiger charge is 2.73. The third kappa shape index (κ3) is 2.68. The summed E-state index contributed by atoms with van der Waals surface area (Å²) in [6.45, 7) is 11.6. The van der Waals surface area contributed by atoms with E-state index in [2.05, 4.69) is 176 Å². The summed E-state index contributed by atoms with van der Waals surface area (Å²) in [4.78, 5) is 0. The van der Waals surface area contributed by atoms with Crippen LogP contribution in [0.15, 0.2) is 128 Å². The zero-order chi connectivity index (χ0) is 32.3. The van der Waals surface area contributed by atoms with Gasteiger partial charge in [-0.15, -0.1) is 4.57 Å². The first kappa shape index (κ1) is 26.8. The van der Waals surface area contributed by atoms with Gasteiger partial charge in [-0.05, 0) is 82.5 Å². The Labute approximate surface area is 281 Å².